The van der Waals surface area contributed by atoms with E-state index in [1.807, 2.05) is 48.5 Å². The van der Waals surface area contributed by atoms with Crippen molar-refractivity contribution in [3.8, 4) is 11.5 Å². The molecule has 6 rings (SSSR count). The fraction of sp³-hybridized carbons (Fsp3) is 0.241. The minimum atomic E-state index is -0.214. The molecule has 0 saturated carbocycles. The van der Waals surface area contributed by atoms with Crippen LogP contribution in [0.4, 0.5) is 5.95 Å². The number of imidazole rings is 1. The zero-order valence-corrected chi connectivity index (χ0v) is 20.0. The number of anilines is 1. The Morgan fingerprint density at radius 2 is 1.71 bits per heavy atom. The predicted molar refractivity (Wildman–Crippen MR) is 136 cm³/mol. The first-order chi connectivity index (χ1) is 17.1. The highest BCUT2D eigenvalue weighted by Crippen LogP contribution is 2.47. The number of Topliss-reactive ketones (excluding diaryl/α,β-unsaturated/α-hetero) is 1. The first-order valence-corrected chi connectivity index (χ1v) is 11.9. The molecule has 1 aliphatic carbocycles. The molecular weight excluding hydrogens is 438 g/mol. The fourth-order valence-electron chi connectivity index (χ4n) is 5.56. The molecule has 0 bridgehead atoms. The number of ketones is 1. The van der Waals surface area contributed by atoms with Crippen LogP contribution in [0.25, 0.3) is 11.0 Å². The van der Waals surface area contributed by atoms with E-state index in [0.717, 1.165) is 51.4 Å². The second-order valence-corrected chi connectivity index (χ2v) is 9.21. The Morgan fingerprint density at radius 1 is 0.943 bits per heavy atom. The number of carbonyl (C=O) groups is 1. The number of nitrogens with one attached hydrogen (secondary N) is 1. The first kappa shape index (κ1) is 21.5. The van der Waals surface area contributed by atoms with Crippen LogP contribution in [-0.2, 0) is 4.79 Å². The Hall–Kier alpha value is -4.06. The molecule has 0 unspecified atom stereocenters. The van der Waals surface area contributed by atoms with E-state index >= 15 is 0 Å². The monoisotopic (exact) mass is 465 g/mol. The number of hydrogen-bond donors (Lipinski definition) is 1. The van der Waals surface area contributed by atoms with Gasteiger partial charge in [0.1, 0.15) is 0 Å². The molecular formula is C29H27N3O3. The third kappa shape index (κ3) is 3.40. The second-order valence-electron chi connectivity index (χ2n) is 9.21. The van der Waals surface area contributed by atoms with Gasteiger partial charge in [0.05, 0.1) is 31.3 Å². The number of methoxy groups -OCH3 is 2. The van der Waals surface area contributed by atoms with Crippen LogP contribution in [0.15, 0.2) is 78.0 Å². The van der Waals surface area contributed by atoms with Gasteiger partial charge in [0.15, 0.2) is 17.3 Å². The minimum absolute atomic E-state index is 0.0435. The van der Waals surface area contributed by atoms with Gasteiger partial charge in [0, 0.05) is 17.7 Å². The Balaban J connectivity index is 1.49. The lowest BCUT2D eigenvalue weighted by atomic mass is 9.77. The van der Waals surface area contributed by atoms with Crippen molar-refractivity contribution in [1.29, 1.82) is 0 Å². The van der Waals surface area contributed by atoms with Gasteiger partial charge in [-0.25, -0.2) is 4.98 Å². The number of ether oxygens (including phenoxy) is 2. The van der Waals surface area contributed by atoms with E-state index < -0.39 is 0 Å². The quantitative estimate of drug-likeness (QED) is 0.414. The number of para-hydroxylation sites is 2. The number of aromatic nitrogens is 2. The van der Waals surface area contributed by atoms with E-state index in [1.54, 1.807) is 14.2 Å². The number of benzene rings is 3. The second kappa shape index (κ2) is 8.31. The smallest absolute Gasteiger partial charge is 0.209 e. The van der Waals surface area contributed by atoms with Gasteiger partial charge in [0.2, 0.25) is 5.95 Å². The molecule has 0 saturated heterocycles. The molecule has 1 aliphatic heterocycles. The van der Waals surface area contributed by atoms with Crippen molar-refractivity contribution in [2.75, 3.05) is 19.5 Å². The molecule has 2 heterocycles. The summed E-state index contributed by atoms with van der Waals surface area (Å²) in [6, 6.07) is 22.1. The van der Waals surface area contributed by atoms with Crippen molar-refractivity contribution in [1.82, 2.24) is 9.55 Å². The highest BCUT2D eigenvalue weighted by Gasteiger charge is 2.40. The zero-order valence-electron chi connectivity index (χ0n) is 20.0. The van der Waals surface area contributed by atoms with Gasteiger partial charge in [-0.2, -0.15) is 0 Å². The number of carbonyl (C=O) groups excluding carboxylic acids is 1. The maximum absolute atomic E-state index is 13.9. The van der Waals surface area contributed by atoms with Crippen molar-refractivity contribution >= 4 is 22.8 Å². The number of aryl methyl sites for hydroxylation is 1. The van der Waals surface area contributed by atoms with Crippen molar-refractivity contribution in [3.05, 3.63) is 94.7 Å². The maximum Gasteiger partial charge on any atom is 0.209 e. The van der Waals surface area contributed by atoms with Crippen LogP contribution in [0.2, 0.25) is 0 Å². The molecule has 0 spiro atoms. The zero-order chi connectivity index (χ0) is 24.1. The summed E-state index contributed by atoms with van der Waals surface area (Å²) in [5, 5.41) is 3.54. The third-order valence-corrected chi connectivity index (χ3v) is 7.26. The summed E-state index contributed by atoms with van der Waals surface area (Å²) >= 11 is 0. The lowest BCUT2D eigenvalue weighted by molar-refractivity contribution is -0.116. The summed E-state index contributed by atoms with van der Waals surface area (Å²) in [4.78, 5) is 18.8. The summed E-state index contributed by atoms with van der Waals surface area (Å²) in [5.74, 6) is 2.34. The first-order valence-electron chi connectivity index (χ1n) is 11.9. The van der Waals surface area contributed by atoms with E-state index in [-0.39, 0.29) is 17.7 Å². The van der Waals surface area contributed by atoms with Crippen molar-refractivity contribution < 1.29 is 14.3 Å². The van der Waals surface area contributed by atoms with E-state index in [2.05, 4.69) is 35.0 Å². The Labute approximate surface area is 204 Å². The summed E-state index contributed by atoms with van der Waals surface area (Å²) in [7, 11) is 3.26. The average Bonchev–Trinajstić information content (AvgIpc) is 3.25. The van der Waals surface area contributed by atoms with Gasteiger partial charge < -0.3 is 14.8 Å². The SMILES string of the molecule is COc1ccc([C@H]2CC(=O)C3=C(C2)Nc2nc4ccccc4n2[C@H]3c2ccccc2C)cc1OC. The van der Waals surface area contributed by atoms with Crippen LogP contribution >= 0.6 is 0 Å². The summed E-state index contributed by atoms with van der Waals surface area (Å²) in [6.45, 7) is 2.11. The Kier molecular flexibility index (Phi) is 5.10. The van der Waals surface area contributed by atoms with E-state index in [1.165, 1.54) is 0 Å². The van der Waals surface area contributed by atoms with Crippen molar-refractivity contribution in [2.45, 2.75) is 31.7 Å². The molecule has 0 fully saturated rings. The molecule has 4 aromatic rings. The summed E-state index contributed by atoms with van der Waals surface area (Å²) < 4.78 is 13.1. The molecule has 2 atom stereocenters. The molecule has 6 nitrogen and oxygen atoms in total. The van der Waals surface area contributed by atoms with Crippen LogP contribution in [-0.4, -0.2) is 29.6 Å². The largest absolute Gasteiger partial charge is 0.493 e. The lowest BCUT2D eigenvalue weighted by Crippen LogP contribution is -2.33. The molecule has 1 N–H and O–H groups in total. The number of hydrogen-bond acceptors (Lipinski definition) is 5. The predicted octanol–water partition coefficient (Wildman–Crippen LogP) is 5.78. The molecule has 35 heavy (non-hydrogen) atoms. The Bertz CT molecular complexity index is 1500. The van der Waals surface area contributed by atoms with E-state index in [0.29, 0.717) is 17.9 Å². The number of nitrogens with zero attached hydrogens (tertiary/aromatic N) is 2. The van der Waals surface area contributed by atoms with Crippen LogP contribution < -0.4 is 14.8 Å². The van der Waals surface area contributed by atoms with Gasteiger partial charge in [-0.3, -0.25) is 9.36 Å². The molecule has 0 radical (unpaired) electrons. The normalized spacial score (nSPS) is 19.2. The third-order valence-electron chi connectivity index (χ3n) is 7.26. The fourth-order valence-corrected chi connectivity index (χ4v) is 5.56. The average molecular weight is 466 g/mol. The van der Waals surface area contributed by atoms with Gasteiger partial charge in [-0.1, -0.05) is 42.5 Å². The van der Waals surface area contributed by atoms with Gasteiger partial charge in [0.25, 0.3) is 0 Å². The standard InChI is InChI=1S/C29H27N3O3/c1-17-8-4-5-9-20(17)28-27-22(31-29-30-21-10-6-7-11-23(21)32(28)29)14-19(15-24(27)33)18-12-13-25(34-2)26(16-18)35-3/h4-13,16,19,28H,14-15H2,1-3H3,(H,30,31)/t19-,28+/m1/s1. The number of allylic oxidation sites excluding steroid dienone is 2. The maximum atomic E-state index is 13.9. The van der Waals surface area contributed by atoms with Crippen LogP contribution in [0.3, 0.4) is 0 Å². The van der Waals surface area contributed by atoms with Gasteiger partial charge >= 0.3 is 0 Å². The highest BCUT2D eigenvalue weighted by atomic mass is 16.5. The van der Waals surface area contributed by atoms with E-state index in [9.17, 15) is 4.79 Å². The van der Waals surface area contributed by atoms with Crippen LogP contribution in [0, 0.1) is 6.92 Å². The summed E-state index contributed by atoms with van der Waals surface area (Å²) in [6.07, 6.45) is 1.17. The summed E-state index contributed by atoms with van der Waals surface area (Å²) in [5.41, 5.74) is 7.08. The van der Waals surface area contributed by atoms with Crippen LogP contribution in [0.5, 0.6) is 11.5 Å². The Morgan fingerprint density at radius 3 is 2.51 bits per heavy atom. The van der Waals surface area contributed by atoms with Crippen molar-refractivity contribution in [3.63, 3.8) is 0 Å². The molecule has 3 aromatic carbocycles. The van der Waals surface area contributed by atoms with Gasteiger partial charge in [-0.05, 0) is 60.2 Å². The number of fused-ring (bicyclic) bond motifs is 3. The lowest BCUT2D eigenvalue weighted by Gasteiger charge is -2.37. The molecule has 6 heteroatoms. The topological polar surface area (TPSA) is 65.4 Å². The van der Waals surface area contributed by atoms with Crippen LogP contribution in [0.1, 0.15) is 41.5 Å². The minimum Gasteiger partial charge on any atom is -0.493 e. The molecule has 0 amide bonds. The number of rotatable bonds is 4. The highest BCUT2D eigenvalue weighted by molar-refractivity contribution is 6.01. The molecule has 2 aliphatic rings. The molecule has 176 valence electrons. The molecule has 1 aromatic heterocycles. The van der Waals surface area contributed by atoms with Gasteiger partial charge in [-0.15, -0.1) is 0 Å². The van der Waals surface area contributed by atoms with E-state index in [4.69, 9.17) is 14.5 Å². The van der Waals surface area contributed by atoms with Crippen molar-refractivity contribution in [2.24, 2.45) is 0 Å².